The van der Waals surface area contributed by atoms with Crippen molar-refractivity contribution >= 4 is 39.2 Å². The first-order valence-electron chi connectivity index (χ1n) is 12.0. The van der Waals surface area contributed by atoms with Gasteiger partial charge in [0.05, 0.1) is 22.5 Å². The van der Waals surface area contributed by atoms with Gasteiger partial charge in [0.15, 0.2) is 0 Å². The van der Waals surface area contributed by atoms with Gasteiger partial charge in [-0.25, -0.2) is 22.9 Å². The lowest BCUT2D eigenvalue weighted by Crippen LogP contribution is -2.35. The number of carbonyl (C=O) groups is 3. The lowest BCUT2D eigenvalue weighted by atomic mass is 10.0. The van der Waals surface area contributed by atoms with E-state index in [9.17, 15) is 36.0 Å². The maximum atomic E-state index is 13.3. The van der Waals surface area contributed by atoms with E-state index in [4.69, 9.17) is 0 Å². The number of benzene rings is 2. The molecule has 1 spiro atoms. The lowest BCUT2D eigenvalue weighted by Gasteiger charge is -2.15. The summed E-state index contributed by atoms with van der Waals surface area (Å²) in [6.07, 6.45) is 3.63. The van der Waals surface area contributed by atoms with Crippen LogP contribution in [0.15, 0.2) is 78.0 Å². The molecule has 1 aliphatic heterocycles. The zero-order valence-corrected chi connectivity index (χ0v) is 21.4. The molecule has 0 radical (unpaired) electrons. The smallest absolute Gasteiger partial charge is 0.334 e. The van der Waals surface area contributed by atoms with E-state index in [0.717, 1.165) is 22.6 Å². The molecule has 3 aromatic rings. The van der Waals surface area contributed by atoms with Gasteiger partial charge in [0.25, 0.3) is 15.7 Å². The minimum Gasteiger partial charge on any atom is -0.334 e. The second kappa shape index (κ2) is 9.93. The predicted molar refractivity (Wildman–Crippen MR) is 137 cm³/mol. The van der Waals surface area contributed by atoms with Gasteiger partial charge in [0, 0.05) is 12.7 Å². The number of nitrogens with one attached hydrogen (secondary N) is 3. The van der Waals surface area contributed by atoms with E-state index >= 15 is 0 Å². The Morgan fingerprint density at radius 3 is 2.45 bits per heavy atom. The average molecular weight is 574 g/mol. The van der Waals surface area contributed by atoms with E-state index < -0.39 is 43.7 Å². The van der Waals surface area contributed by atoms with Gasteiger partial charge in [0.2, 0.25) is 0 Å². The highest BCUT2D eigenvalue weighted by Gasteiger charge is 2.67. The third-order valence-electron chi connectivity index (χ3n) is 6.85. The number of hydrogen-bond acceptors (Lipinski definition) is 6. The minimum atomic E-state index is -5.57. The standard InChI is InChI=1S/C26H22F3N5O5S/c27-26(28,29)40(38,39)20-8-6-19(7-9-20)34-22(35)25(33-24(34)37)13-18(25)12-17-10-11-30-15-21(17)32-23(36)31-14-16-4-2-1-3-5-16/h1-11,15,18H,12-14H2,(H,33,37)(H2,31,32,36). The number of imide groups is 1. The highest BCUT2D eigenvalue weighted by atomic mass is 32.2. The number of nitrogens with zero attached hydrogens (tertiary/aromatic N) is 2. The Bertz CT molecular complexity index is 1580. The molecule has 2 fully saturated rings. The van der Waals surface area contributed by atoms with E-state index in [-0.39, 0.29) is 11.6 Å². The number of alkyl halides is 3. The Kier molecular flexibility index (Phi) is 6.74. The fourth-order valence-electron chi connectivity index (χ4n) is 4.65. The molecule has 208 valence electrons. The van der Waals surface area contributed by atoms with Gasteiger partial charge in [-0.2, -0.15) is 13.2 Å². The summed E-state index contributed by atoms with van der Waals surface area (Å²) >= 11 is 0. The summed E-state index contributed by atoms with van der Waals surface area (Å²) in [5, 5.41) is 8.17. The number of pyridine rings is 1. The van der Waals surface area contributed by atoms with Crippen molar-refractivity contribution in [3.8, 4) is 0 Å². The summed E-state index contributed by atoms with van der Waals surface area (Å²) in [4.78, 5) is 42.3. The molecule has 14 heteroatoms. The number of rotatable bonds is 7. The van der Waals surface area contributed by atoms with Crippen molar-refractivity contribution in [1.29, 1.82) is 0 Å². The Hall–Kier alpha value is -4.46. The Balaban J connectivity index is 1.26. The highest BCUT2D eigenvalue weighted by Crippen LogP contribution is 2.50. The Morgan fingerprint density at radius 2 is 1.77 bits per heavy atom. The first-order chi connectivity index (χ1) is 18.9. The van der Waals surface area contributed by atoms with E-state index in [1.54, 1.807) is 6.07 Å². The third kappa shape index (κ3) is 4.97. The van der Waals surface area contributed by atoms with Crippen molar-refractivity contribution in [3.63, 3.8) is 0 Å². The predicted octanol–water partition coefficient (Wildman–Crippen LogP) is 3.75. The lowest BCUT2D eigenvalue weighted by molar-refractivity contribution is -0.119. The summed E-state index contributed by atoms with van der Waals surface area (Å²) < 4.78 is 61.8. The number of amides is 5. The molecule has 2 aromatic carbocycles. The maximum Gasteiger partial charge on any atom is 0.501 e. The van der Waals surface area contributed by atoms with E-state index in [1.807, 2.05) is 30.3 Å². The molecule has 0 bridgehead atoms. The number of anilines is 2. The van der Waals surface area contributed by atoms with Crippen molar-refractivity contribution < 1.29 is 36.0 Å². The Morgan fingerprint density at radius 1 is 1.07 bits per heavy atom. The van der Waals surface area contributed by atoms with Crippen LogP contribution in [-0.2, 0) is 27.6 Å². The number of sulfone groups is 1. The molecule has 1 aromatic heterocycles. The van der Waals surface area contributed by atoms with Crippen LogP contribution in [0.2, 0.25) is 0 Å². The van der Waals surface area contributed by atoms with Crippen LogP contribution in [-0.4, -0.2) is 42.4 Å². The van der Waals surface area contributed by atoms with Crippen LogP contribution >= 0.6 is 0 Å². The highest BCUT2D eigenvalue weighted by molar-refractivity contribution is 7.92. The van der Waals surface area contributed by atoms with Crippen molar-refractivity contribution in [2.24, 2.45) is 5.92 Å². The van der Waals surface area contributed by atoms with Crippen LogP contribution < -0.4 is 20.9 Å². The van der Waals surface area contributed by atoms with Crippen LogP contribution in [0.5, 0.6) is 0 Å². The molecule has 5 amide bonds. The maximum absolute atomic E-state index is 13.3. The van der Waals surface area contributed by atoms with Crippen molar-refractivity contribution in [1.82, 2.24) is 15.6 Å². The first kappa shape index (κ1) is 27.1. The molecule has 2 atom stereocenters. The summed E-state index contributed by atoms with van der Waals surface area (Å²) in [5.74, 6) is -0.924. The summed E-state index contributed by atoms with van der Waals surface area (Å²) in [6.45, 7) is 0.313. The fraction of sp³-hybridized carbons (Fsp3) is 0.231. The van der Waals surface area contributed by atoms with Gasteiger partial charge >= 0.3 is 17.6 Å². The summed E-state index contributed by atoms with van der Waals surface area (Å²) in [6, 6.07) is 13.2. The number of aromatic nitrogens is 1. The topological polar surface area (TPSA) is 138 Å². The molecule has 10 nitrogen and oxygen atoms in total. The van der Waals surface area contributed by atoms with Crippen LogP contribution in [0.25, 0.3) is 0 Å². The molecule has 40 heavy (non-hydrogen) atoms. The molecule has 3 N–H and O–H groups in total. The van der Waals surface area contributed by atoms with Gasteiger partial charge in [-0.15, -0.1) is 0 Å². The molecule has 2 unspecified atom stereocenters. The number of carbonyl (C=O) groups excluding carboxylic acids is 3. The molecule has 2 heterocycles. The molecule has 1 aliphatic carbocycles. The van der Waals surface area contributed by atoms with Gasteiger partial charge in [-0.1, -0.05) is 30.3 Å². The minimum absolute atomic E-state index is 0.0625. The monoisotopic (exact) mass is 573 g/mol. The number of hydrogen-bond donors (Lipinski definition) is 3. The normalized spacial score (nSPS) is 20.4. The molecular formula is C26H22F3N5O5S. The van der Waals surface area contributed by atoms with Crippen LogP contribution in [0.4, 0.5) is 34.1 Å². The summed E-state index contributed by atoms with van der Waals surface area (Å²) in [7, 11) is -5.57. The van der Waals surface area contributed by atoms with E-state index in [1.165, 1.54) is 12.4 Å². The van der Waals surface area contributed by atoms with Crippen LogP contribution in [0.3, 0.4) is 0 Å². The molecule has 1 saturated heterocycles. The fourth-order valence-corrected chi connectivity index (χ4v) is 5.41. The zero-order chi connectivity index (χ0) is 28.7. The van der Waals surface area contributed by atoms with Crippen molar-refractivity contribution in [2.75, 3.05) is 10.2 Å². The summed E-state index contributed by atoms with van der Waals surface area (Å²) in [5.41, 5.74) is -4.72. The molecule has 5 rings (SSSR count). The quantitative estimate of drug-likeness (QED) is 0.368. The number of urea groups is 2. The molecule has 1 saturated carbocycles. The van der Waals surface area contributed by atoms with Gasteiger partial charge in [-0.05, 0) is 60.2 Å². The van der Waals surface area contributed by atoms with E-state index in [0.29, 0.717) is 42.8 Å². The van der Waals surface area contributed by atoms with Crippen LogP contribution in [0.1, 0.15) is 17.5 Å². The number of halogens is 3. The van der Waals surface area contributed by atoms with Gasteiger partial charge in [-0.3, -0.25) is 9.78 Å². The molecule has 2 aliphatic rings. The second-order valence-electron chi connectivity index (χ2n) is 9.42. The second-order valence-corrected chi connectivity index (χ2v) is 11.4. The zero-order valence-electron chi connectivity index (χ0n) is 20.6. The van der Waals surface area contributed by atoms with Crippen molar-refractivity contribution in [2.45, 2.75) is 35.3 Å². The Labute approximate surface area is 226 Å². The first-order valence-corrected chi connectivity index (χ1v) is 13.5. The van der Waals surface area contributed by atoms with Gasteiger partial charge < -0.3 is 16.0 Å². The third-order valence-corrected chi connectivity index (χ3v) is 8.36. The molecular weight excluding hydrogens is 551 g/mol. The van der Waals surface area contributed by atoms with E-state index in [2.05, 4.69) is 20.9 Å². The largest absolute Gasteiger partial charge is 0.501 e. The van der Waals surface area contributed by atoms with Crippen molar-refractivity contribution in [3.05, 3.63) is 84.2 Å². The van der Waals surface area contributed by atoms with Gasteiger partial charge in [0.1, 0.15) is 5.54 Å². The average Bonchev–Trinajstić information content (AvgIpc) is 3.54. The SMILES string of the molecule is O=C(NCc1ccccc1)Nc1cnccc1CC1CC12NC(=O)N(c1ccc(S(=O)(=O)C(F)(F)F)cc1)C2=O. The van der Waals surface area contributed by atoms with Crippen LogP contribution in [0, 0.1) is 5.92 Å².